The summed E-state index contributed by atoms with van der Waals surface area (Å²) in [5.74, 6) is -1.26. The third-order valence-corrected chi connectivity index (χ3v) is 4.45. The third kappa shape index (κ3) is 3.74. The first kappa shape index (κ1) is 16.1. The highest BCUT2D eigenvalue weighted by molar-refractivity contribution is 7.90. The van der Waals surface area contributed by atoms with Crippen LogP contribution in [0.5, 0.6) is 0 Å². The normalized spacial score (nSPS) is 11.4. The lowest BCUT2D eigenvalue weighted by molar-refractivity contribution is 0.442. The molecule has 0 saturated carbocycles. The lowest BCUT2D eigenvalue weighted by Gasteiger charge is -2.01. The first-order valence-corrected chi connectivity index (χ1v) is 8.41. The Balaban J connectivity index is 1.76. The van der Waals surface area contributed by atoms with E-state index in [-0.39, 0.29) is 6.01 Å². The molecule has 1 N–H and O–H groups in total. The average Bonchev–Trinajstić information content (AvgIpc) is 3.01. The van der Waals surface area contributed by atoms with Gasteiger partial charge in [0.25, 0.3) is 0 Å². The molecular formula is C15H11F2N3O3S. The fraction of sp³-hybridized carbons (Fsp3) is 0.0667. The van der Waals surface area contributed by atoms with Crippen LogP contribution < -0.4 is 5.32 Å². The summed E-state index contributed by atoms with van der Waals surface area (Å²) in [5, 5.41) is 9.21. The monoisotopic (exact) mass is 351 g/mol. The topological polar surface area (TPSA) is 85.1 Å². The molecule has 0 bridgehead atoms. The van der Waals surface area contributed by atoms with Gasteiger partial charge in [0.15, 0.2) is 0 Å². The molecule has 9 heteroatoms. The second-order valence-corrected chi connectivity index (χ2v) is 6.76. The number of hydrogen-bond acceptors (Lipinski definition) is 6. The Kier molecular flexibility index (Phi) is 4.26. The van der Waals surface area contributed by atoms with Crippen LogP contribution in [0.2, 0.25) is 0 Å². The highest BCUT2D eigenvalue weighted by Gasteiger charge is 2.23. The van der Waals surface area contributed by atoms with Crippen molar-refractivity contribution in [2.75, 3.05) is 5.32 Å². The maximum Gasteiger partial charge on any atom is 0.337 e. The van der Waals surface area contributed by atoms with E-state index in [4.69, 9.17) is 4.42 Å². The minimum atomic E-state index is -3.87. The molecule has 3 rings (SSSR count). The van der Waals surface area contributed by atoms with Crippen LogP contribution in [-0.4, -0.2) is 18.6 Å². The molecule has 0 atom stereocenters. The summed E-state index contributed by atoms with van der Waals surface area (Å²) in [4.78, 5) is 0. The number of benzene rings is 2. The number of aromatic nitrogens is 2. The molecule has 1 heterocycles. The summed E-state index contributed by atoms with van der Waals surface area (Å²) < 4.78 is 55.2. The molecule has 0 amide bonds. The highest BCUT2D eigenvalue weighted by Crippen LogP contribution is 2.20. The van der Waals surface area contributed by atoms with Crippen molar-refractivity contribution in [1.29, 1.82) is 0 Å². The minimum absolute atomic E-state index is 0.140. The SMILES string of the molecule is O=S(=O)(Cc1ccc(F)cc1)c1nnc(Nc2ccc(F)cc2)o1. The average molecular weight is 351 g/mol. The van der Waals surface area contributed by atoms with E-state index >= 15 is 0 Å². The molecule has 24 heavy (non-hydrogen) atoms. The van der Waals surface area contributed by atoms with Crippen LogP contribution >= 0.6 is 0 Å². The minimum Gasteiger partial charge on any atom is -0.394 e. The first-order valence-electron chi connectivity index (χ1n) is 6.76. The Labute approximate surface area is 136 Å². The second kappa shape index (κ2) is 6.36. The molecule has 0 aliphatic rings. The molecular weight excluding hydrogens is 340 g/mol. The van der Waals surface area contributed by atoms with E-state index in [1.165, 1.54) is 48.5 Å². The number of anilines is 2. The van der Waals surface area contributed by atoms with Crippen LogP contribution in [0.15, 0.2) is 58.2 Å². The summed E-state index contributed by atoms with van der Waals surface area (Å²) in [5.41, 5.74) is 0.852. The van der Waals surface area contributed by atoms with E-state index < -0.39 is 32.4 Å². The van der Waals surface area contributed by atoms with Crippen LogP contribution in [0.1, 0.15) is 5.56 Å². The molecule has 0 spiro atoms. The van der Waals surface area contributed by atoms with Crippen molar-refractivity contribution >= 4 is 21.5 Å². The summed E-state index contributed by atoms with van der Waals surface area (Å²) >= 11 is 0. The maximum atomic E-state index is 12.9. The zero-order chi connectivity index (χ0) is 17.2. The van der Waals surface area contributed by atoms with Gasteiger partial charge in [-0.1, -0.05) is 22.3 Å². The van der Waals surface area contributed by atoms with E-state index in [9.17, 15) is 17.2 Å². The van der Waals surface area contributed by atoms with Crippen molar-refractivity contribution < 1.29 is 21.6 Å². The molecule has 0 fully saturated rings. The fourth-order valence-corrected chi connectivity index (χ4v) is 3.03. The van der Waals surface area contributed by atoms with Crippen molar-refractivity contribution in [3.63, 3.8) is 0 Å². The predicted molar refractivity (Wildman–Crippen MR) is 81.3 cm³/mol. The van der Waals surface area contributed by atoms with Crippen LogP contribution in [0.4, 0.5) is 20.5 Å². The van der Waals surface area contributed by atoms with E-state index in [1.54, 1.807) is 0 Å². The number of nitrogens with one attached hydrogen (secondary N) is 1. The van der Waals surface area contributed by atoms with Gasteiger partial charge in [-0.05, 0) is 42.0 Å². The number of hydrogen-bond donors (Lipinski definition) is 1. The van der Waals surface area contributed by atoms with Gasteiger partial charge in [0.1, 0.15) is 11.6 Å². The Morgan fingerprint density at radius 1 is 0.917 bits per heavy atom. The lowest BCUT2D eigenvalue weighted by Crippen LogP contribution is -2.05. The van der Waals surface area contributed by atoms with Gasteiger partial charge in [-0.15, -0.1) is 0 Å². The van der Waals surface area contributed by atoms with Gasteiger partial charge in [0.05, 0.1) is 5.75 Å². The van der Waals surface area contributed by atoms with Crippen LogP contribution in [0.25, 0.3) is 0 Å². The predicted octanol–water partition coefficient (Wildman–Crippen LogP) is 3.07. The van der Waals surface area contributed by atoms with E-state index in [1.807, 2.05) is 0 Å². The second-order valence-electron chi connectivity index (χ2n) is 4.89. The van der Waals surface area contributed by atoms with Gasteiger partial charge in [0, 0.05) is 5.69 Å². The van der Waals surface area contributed by atoms with Gasteiger partial charge in [-0.25, -0.2) is 17.2 Å². The number of sulfone groups is 1. The zero-order valence-electron chi connectivity index (χ0n) is 12.1. The van der Waals surface area contributed by atoms with Crippen LogP contribution in [-0.2, 0) is 15.6 Å². The molecule has 0 unspecified atom stereocenters. The van der Waals surface area contributed by atoms with Crippen molar-refractivity contribution in [3.8, 4) is 0 Å². The van der Waals surface area contributed by atoms with E-state index in [0.717, 1.165) is 0 Å². The fourth-order valence-electron chi connectivity index (χ4n) is 1.90. The standard InChI is InChI=1S/C15H11F2N3O3S/c16-11-3-1-10(2-4-11)9-24(21,22)15-20-19-14(23-15)18-13-7-5-12(17)6-8-13/h1-8H,9H2,(H,18,19). The highest BCUT2D eigenvalue weighted by atomic mass is 32.2. The van der Waals surface area contributed by atoms with E-state index in [2.05, 4.69) is 15.5 Å². The summed E-state index contributed by atoms with van der Waals surface area (Å²) in [6.45, 7) is 0. The molecule has 0 saturated heterocycles. The summed E-state index contributed by atoms with van der Waals surface area (Å²) in [7, 11) is -3.87. The smallest absolute Gasteiger partial charge is 0.337 e. The molecule has 3 aromatic rings. The van der Waals surface area contributed by atoms with Crippen molar-refractivity contribution in [3.05, 3.63) is 65.7 Å². The van der Waals surface area contributed by atoms with Gasteiger partial charge in [0.2, 0.25) is 9.84 Å². The maximum absolute atomic E-state index is 12.9. The van der Waals surface area contributed by atoms with Crippen molar-refractivity contribution in [2.24, 2.45) is 0 Å². The molecule has 0 aliphatic heterocycles. The Morgan fingerprint density at radius 2 is 1.50 bits per heavy atom. The molecule has 0 aliphatic carbocycles. The Morgan fingerprint density at radius 3 is 2.12 bits per heavy atom. The van der Waals surface area contributed by atoms with Gasteiger partial charge >= 0.3 is 11.2 Å². The van der Waals surface area contributed by atoms with E-state index in [0.29, 0.717) is 11.3 Å². The number of halogens is 2. The molecule has 1 aromatic heterocycles. The summed E-state index contributed by atoms with van der Waals surface area (Å²) in [6, 6.07) is 10.2. The molecule has 124 valence electrons. The number of rotatable bonds is 5. The van der Waals surface area contributed by atoms with Crippen molar-refractivity contribution in [2.45, 2.75) is 11.0 Å². The first-order chi connectivity index (χ1) is 11.4. The lowest BCUT2D eigenvalue weighted by atomic mass is 10.2. The summed E-state index contributed by atoms with van der Waals surface area (Å²) in [6.07, 6.45) is 0. The Bertz CT molecular complexity index is 939. The zero-order valence-corrected chi connectivity index (χ0v) is 12.9. The Hall–Kier alpha value is -2.81. The van der Waals surface area contributed by atoms with Gasteiger partial charge < -0.3 is 9.73 Å². The molecule has 0 radical (unpaired) electrons. The molecule has 6 nitrogen and oxygen atoms in total. The van der Waals surface area contributed by atoms with Gasteiger partial charge in [-0.3, -0.25) is 0 Å². The molecule has 2 aromatic carbocycles. The van der Waals surface area contributed by atoms with Gasteiger partial charge in [-0.2, -0.15) is 0 Å². The van der Waals surface area contributed by atoms with Crippen LogP contribution in [0, 0.1) is 11.6 Å². The number of nitrogens with zero attached hydrogens (tertiary/aromatic N) is 2. The largest absolute Gasteiger partial charge is 0.394 e. The quantitative estimate of drug-likeness (QED) is 0.760. The van der Waals surface area contributed by atoms with Crippen molar-refractivity contribution in [1.82, 2.24) is 10.2 Å². The third-order valence-electron chi connectivity index (χ3n) is 3.04. The van der Waals surface area contributed by atoms with Crippen LogP contribution in [0.3, 0.4) is 0 Å².